The van der Waals surface area contributed by atoms with Crippen molar-refractivity contribution >= 4 is 33.0 Å². The van der Waals surface area contributed by atoms with Gasteiger partial charge in [0, 0.05) is 30.9 Å². The number of sulfonamides is 1. The fraction of sp³-hybridized carbons (Fsp3) is 0.450. The summed E-state index contributed by atoms with van der Waals surface area (Å²) in [7, 11) is -3.57. The molecule has 1 amide bonds. The van der Waals surface area contributed by atoms with Crippen molar-refractivity contribution < 1.29 is 17.9 Å². The normalized spacial score (nSPS) is 15.8. The molecule has 2 N–H and O–H groups in total. The van der Waals surface area contributed by atoms with Crippen molar-refractivity contribution in [2.45, 2.75) is 30.0 Å². The van der Waals surface area contributed by atoms with Crippen LogP contribution in [0.4, 0.5) is 5.69 Å². The summed E-state index contributed by atoms with van der Waals surface area (Å²) >= 11 is 1.16. The van der Waals surface area contributed by atoms with Crippen LogP contribution in [0.1, 0.15) is 19.4 Å². The van der Waals surface area contributed by atoms with E-state index >= 15 is 0 Å². The van der Waals surface area contributed by atoms with Gasteiger partial charge >= 0.3 is 0 Å². The Morgan fingerprint density at radius 2 is 1.86 bits per heavy atom. The third-order valence-electron chi connectivity index (χ3n) is 4.92. The van der Waals surface area contributed by atoms with Gasteiger partial charge in [0.2, 0.25) is 5.91 Å². The molecule has 2 heterocycles. The maximum absolute atomic E-state index is 12.3. The van der Waals surface area contributed by atoms with E-state index in [2.05, 4.69) is 28.8 Å². The molecule has 2 aromatic rings. The van der Waals surface area contributed by atoms with Gasteiger partial charge in [-0.05, 0) is 43.0 Å². The Labute approximate surface area is 176 Å². The molecule has 1 aliphatic rings. The van der Waals surface area contributed by atoms with E-state index in [1.807, 2.05) is 0 Å². The van der Waals surface area contributed by atoms with Crippen LogP contribution in [0.25, 0.3) is 0 Å². The lowest BCUT2D eigenvalue weighted by Gasteiger charge is -2.40. The average Bonchev–Trinajstić information content (AvgIpc) is 3.25. The summed E-state index contributed by atoms with van der Waals surface area (Å²) in [5.74, 6) is -0.0572. The summed E-state index contributed by atoms with van der Waals surface area (Å²) in [6.07, 6.45) is 0.247. The second-order valence-corrected chi connectivity index (χ2v) is 10.5. The van der Waals surface area contributed by atoms with Crippen LogP contribution in [-0.4, -0.2) is 57.6 Å². The Hall–Kier alpha value is -1.94. The van der Waals surface area contributed by atoms with Crippen molar-refractivity contribution in [1.29, 1.82) is 0 Å². The van der Waals surface area contributed by atoms with E-state index in [9.17, 15) is 13.2 Å². The minimum Gasteiger partial charge on any atom is -0.379 e. The van der Waals surface area contributed by atoms with E-state index in [0.29, 0.717) is 12.2 Å². The third kappa shape index (κ3) is 6.02. The molecule has 0 bridgehead atoms. The van der Waals surface area contributed by atoms with Crippen LogP contribution in [0.5, 0.6) is 0 Å². The number of nitrogens with zero attached hydrogens (tertiary/aromatic N) is 1. The zero-order valence-corrected chi connectivity index (χ0v) is 18.3. The molecular formula is C20H27N3O4S2. The molecule has 1 fully saturated rings. The Balaban J connectivity index is 1.51. The highest BCUT2D eigenvalue weighted by Gasteiger charge is 2.28. The molecule has 0 saturated carbocycles. The van der Waals surface area contributed by atoms with Gasteiger partial charge in [0.15, 0.2) is 0 Å². The third-order valence-corrected chi connectivity index (χ3v) is 7.69. The summed E-state index contributed by atoms with van der Waals surface area (Å²) in [5, 5.41) is 4.73. The van der Waals surface area contributed by atoms with Crippen LogP contribution in [-0.2, 0) is 26.0 Å². The second-order valence-electron chi connectivity index (χ2n) is 7.60. The van der Waals surface area contributed by atoms with E-state index in [1.54, 1.807) is 41.8 Å². The quantitative estimate of drug-likeness (QED) is 0.662. The van der Waals surface area contributed by atoms with Crippen LogP contribution in [0.15, 0.2) is 46.0 Å². The maximum atomic E-state index is 12.3. The van der Waals surface area contributed by atoms with Crippen LogP contribution >= 0.6 is 11.3 Å². The molecule has 0 atom stereocenters. The summed E-state index contributed by atoms with van der Waals surface area (Å²) in [4.78, 5) is 14.7. The average molecular weight is 438 g/mol. The van der Waals surface area contributed by atoms with E-state index < -0.39 is 10.0 Å². The van der Waals surface area contributed by atoms with Gasteiger partial charge in [0.25, 0.3) is 10.0 Å². The first kappa shape index (κ1) is 21.8. The predicted molar refractivity (Wildman–Crippen MR) is 115 cm³/mol. The van der Waals surface area contributed by atoms with Crippen molar-refractivity contribution in [2.75, 3.05) is 37.6 Å². The number of rotatable bonds is 8. The number of morpholine rings is 1. The highest BCUT2D eigenvalue weighted by atomic mass is 32.2. The molecule has 1 aliphatic heterocycles. The van der Waals surface area contributed by atoms with Crippen LogP contribution in [0.2, 0.25) is 0 Å². The zero-order valence-electron chi connectivity index (χ0n) is 16.7. The molecule has 9 heteroatoms. The minimum atomic E-state index is -3.57. The molecular weight excluding hydrogens is 410 g/mol. The van der Waals surface area contributed by atoms with Gasteiger partial charge in [-0.2, -0.15) is 0 Å². The number of carbonyl (C=O) groups is 1. The highest BCUT2D eigenvalue weighted by Crippen LogP contribution is 2.20. The zero-order chi connectivity index (χ0) is 20.9. The highest BCUT2D eigenvalue weighted by molar-refractivity contribution is 7.94. The van der Waals surface area contributed by atoms with Crippen LogP contribution < -0.4 is 10.0 Å². The number of hydrogen-bond acceptors (Lipinski definition) is 6. The number of amides is 1. The first-order valence-corrected chi connectivity index (χ1v) is 11.9. The summed E-state index contributed by atoms with van der Waals surface area (Å²) < 4.78 is 32.7. The molecule has 3 rings (SSSR count). The number of thiophene rings is 1. The topological polar surface area (TPSA) is 87.7 Å². The smallest absolute Gasteiger partial charge is 0.271 e. The maximum Gasteiger partial charge on any atom is 0.271 e. The Kier molecular flexibility index (Phi) is 6.94. The minimum absolute atomic E-state index is 0.0572. The number of nitrogens with one attached hydrogen (secondary N) is 2. The number of benzene rings is 1. The lowest BCUT2D eigenvalue weighted by Crippen LogP contribution is -2.55. The van der Waals surface area contributed by atoms with Crippen molar-refractivity contribution in [3.8, 4) is 0 Å². The van der Waals surface area contributed by atoms with Gasteiger partial charge in [-0.15, -0.1) is 11.3 Å². The summed E-state index contributed by atoms with van der Waals surface area (Å²) in [5.41, 5.74) is 1.16. The number of ether oxygens (including phenoxy) is 1. The van der Waals surface area contributed by atoms with Crippen LogP contribution in [0.3, 0.4) is 0 Å². The molecule has 0 radical (unpaired) electrons. The number of hydrogen-bond donors (Lipinski definition) is 2. The van der Waals surface area contributed by atoms with E-state index in [-0.39, 0.29) is 22.1 Å². The molecule has 0 spiro atoms. The molecule has 158 valence electrons. The van der Waals surface area contributed by atoms with Gasteiger partial charge in [-0.1, -0.05) is 18.2 Å². The SMILES string of the molecule is CC(C)(CNC(=O)Cc1ccc(NS(=O)(=O)c2cccs2)cc1)N1CCOCC1. The number of anilines is 1. The standard InChI is InChI=1S/C20H27N3O4S2/c1-20(2,23-9-11-27-12-10-23)15-21-18(24)14-16-5-7-17(8-6-16)22-29(25,26)19-4-3-13-28-19/h3-8,13,22H,9-12,14-15H2,1-2H3,(H,21,24). The fourth-order valence-electron chi connectivity index (χ4n) is 3.16. The van der Waals surface area contributed by atoms with Gasteiger partial charge < -0.3 is 10.1 Å². The lowest BCUT2D eigenvalue weighted by molar-refractivity contribution is -0.121. The summed E-state index contributed by atoms with van der Waals surface area (Å²) in [6, 6.07) is 10.1. The first-order chi connectivity index (χ1) is 13.8. The summed E-state index contributed by atoms with van der Waals surface area (Å²) in [6.45, 7) is 7.97. The monoisotopic (exact) mass is 437 g/mol. The van der Waals surface area contributed by atoms with Gasteiger partial charge in [0.1, 0.15) is 4.21 Å². The molecule has 29 heavy (non-hydrogen) atoms. The van der Waals surface area contributed by atoms with Crippen molar-refractivity contribution in [1.82, 2.24) is 10.2 Å². The first-order valence-electron chi connectivity index (χ1n) is 9.51. The Morgan fingerprint density at radius 1 is 1.17 bits per heavy atom. The molecule has 1 saturated heterocycles. The largest absolute Gasteiger partial charge is 0.379 e. The second kappa shape index (κ2) is 9.25. The molecule has 7 nitrogen and oxygen atoms in total. The lowest BCUT2D eigenvalue weighted by atomic mass is 10.0. The number of carbonyl (C=O) groups excluding carboxylic acids is 1. The van der Waals surface area contributed by atoms with E-state index in [0.717, 1.165) is 43.2 Å². The van der Waals surface area contributed by atoms with Gasteiger partial charge in [-0.3, -0.25) is 14.4 Å². The van der Waals surface area contributed by atoms with Gasteiger partial charge in [0.05, 0.1) is 19.6 Å². The molecule has 0 unspecified atom stereocenters. The fourth-order valence-corrected chi connectivity index (χ4v) is 5.21. The Morgan fingerprint density at radius 3 is 2.48 bits per heavy atom. The van der Waals surface area contributed by atoms with Crippen molar-refractivity contribution in [3.63, 3.8) is 0 Å². The van der Waals surface area contributed by atoms with E-state index in [4.69, 9.17) is 4.74 Å². The molecule has 1 aromatic heterocycles. The predicted octanol–water partition coefficient (Wildman–Crippen LogP) is 2.32. The van der Waals surface area contributed by atoms with E-state index in [1.165, 1.54) is 0 Å². The van der Waals surface area contributed by atoms with Crippen LogP contribution in [0, 0.1) is 0 Å². The van der Waals surface area contributed by atoms with Crippen molar-refractivity contribution in [2.24, 2.45) is 0 Å². The Bertz CT molecular complexity index is 904. The molecule has 1 aromatic carbocycles. The van der Waals surface area contributed by atoms with Crippen molar-refractivity contribution in [3.05, 3.63) is 47.3 Å². The van der Waals surface area contributed by atoms with Gasteiger partial charge in [-0.25, -0.2) is 8.42 Å². The molecule has 0 aliphatic carbocycles.